The standard InChI is InChI=1S/C20H29ClN2O3S2/c21-18-9-7-16(8-10-18)15-28(25,26)23-12-3-4-17(14-23)20(24)22-11-13-27-19-5-1-2-6-19/h7-10,17,19H,1-6,11-15H2,(H,22,24). The largest absolute Gasteiger partial charge is 0.355 e. The number of nitrogens with one attached hydrogen (secondary N) is 1. The molecule has 0 spiro atoms. The van der Waals surface area contributed by atoms with Crippen molar-refractivity contribution in [2.24, 2.45) is 5.92 Å². The van der Waals surface area contributed by atoms with E-state index in [4.69, 9.17) is 11.6 Å². The molecule has 0 radical (unpaired) electrons. The molecule has 2 fully saturated rings. The van der Waals surface area contributed by atoms with Crippen molar-refractivity contribution >= 4 is 39.3 Å². The molecule has 8 heteroatoms. The van der Waals surface area contributed by atoms with Gasteiger partial charge in [0.2, 0.25) is 15.9 Å². The molecule has 1 saturated heterocycles. The van der Waals surface area contributed by atoms with Gasteiger partial charge in [-0.3, -0.25) is 4.79 Å². The van der Waals surface area contributed by atoms with Crippen LogP contribution in [0.3, 0.4) is 0 Å². The monoisotopic (exact) mass is 444 g/mol. The topological polar surface area (TPSA) is 66.5 Å². The average Bonchev–Trinajstić information content (AvgIpc) is 3.20. The van der Waals surface area contributed by atoms with Crippen molar-refractivity contribution in [3.05, 3.63) is 34.9 Å². The zero-order chi connectivity index (χ0) is 20.0. The molecule has 156 valence electrons. The number of thioether (sulfide) groups is 1. The van der Waals surface area contributed by atoms with Crippen molar-refractivity contribution in [2.75, 3.05) is 25.4 Å². The van der Waals surface area contributed by atoms with E-state index in [0.717, 1.165) is 23.8 Å². The molecule has 1 aliphatic heterocycles. The van der Waals surface area contributed by atoms with Gasteiger partial charge < -0.3 is 5.32 Å². The summed E-state index contributed by atoms with van der Waals surface area (Å²) in [6.07, 6.45) is 6.70. The summed E-state index contributed by atoms with van der Waals surface area (Å²) in [5.41, 5.74) is 0.708. The SMILES string of the molecule is O=C(NCCSC1CCCC1)C1CCCN(S(=O)(=O)Cc2ccc(Cl)cc2)C1. The van der Waals surface area contributed by atoms with E-state index in [-0.39, 0.29) is 24.1 Å². The number of carbonyl (C=O) groups excluding carboxylic acids is 1. The lowest BCUT2D eigenvalue weighted by molar-refractivity contribution is -0.125. The second-order valence-corrected chi connectivity index (χ2v) is 11.5. The van der Waals surface area contributed by atoms with E-state index in [1.807, 2.05) is 11.8 Å². The maximum Gasteiger partial charge on any atom is 0.224 e. The molecule has 1 amide bonds. The van der Waals surface area contributed by atoms with E-state index >= 15 is 0 Å². The molecule has 0 aromatic heterocycles. The van der Waals surface area contributed by atoms with Gasteiger partial charge in [0.1, 0.15) is 0 Å². The minimum atomic E-state index is -3.45. The average molecular weight is 445 g/mol. The highest BCUT2D eigenvalue weighted by Gasteiger charge is 2.32. The van der Waals surface area contributed by atoms with Crippen molar-refractivity contribution in [1.29, 1.82) is 0 Å². The van der Waals surface area contributed by atoms with Gasteiger partial charge in [-0.25, -0.2) is 12.7 Å². The fraction of sp³-hybridized carbons (Fsp3) is 0.650. The van der Waals surface area contributed by atoms with E-state index in [0.29, 0.717) is 23.7 Å². The molecule has 1 atom stereocenters. The molecule has 1 saturated carbocycles. The quantitative estimate of drug-likeness (QED) is 0.621. The first-order chi connectivity index (χ1) is 13.4. The molecule has 28 heavy (non-hydrogen) atoms. The third-order valence-corrected chi connectivity index (χ3v) is 8.92. The Balaban J connectivity index is 1.46. The van der Waals surface area contributed by atoms with Gasteiger partial charge in [0.05, 0.1) is 11.7 Å². The highest BCUT2D eigenvalue weighted by molar-refractivity contribution is 7.99. The summed E-state index contributed by atoms with van der Waals surface area (Å²) < 4.78 is 27.0. The number of nitrogens with zero attached hydrogens (tertiary/aromatic N) is 1. The minimum Gasteiger partial charge on any atom is -0.355 e. The first kappa shape index (κ1) is 21.9. The van der Waals surface area contributed by atoms with Crippen molar-refractivity contribution in [3.8, 4) is 0 Å². The zero-order valence-corrected chi connectivity index (χ0v) is 18.5. The number of piperidine rings is 1. The van der Waals surface area contributed by atoms with Crippen LogP contribution in [0, 0.1) is 5.92 Å². The summed E-state index contributed by atoms with van der Waals surface area (Å²) in [4.78, 5) is 12.5. The first-order valence-corrected chi connectivity index (χ1v) is 13.1. The van der Waals surface area contributed by atoms with Crippen molar-refractivity contribution in [2.45, 2.75) is 49.5 Å². The van der Waals surface area contributed by atoms with Gasteiger partial charge in [-0.1, -0.05) is 36.6 Å². The number of sulfonamides is 1. The molecule has 1 aromatic carbocycles. The number of amides is 1. The predicted octanol–water partition coefficient (Wildman–Crippen LogP) is 3.67. The van der Waals surface area contributed by atoms with Crippen LogP contribution in [0.25, 0.3) is 0 Å². The lowest BCUT2D eigenvalue weighted by Crippen LogP contribution is -2.46. The number of halogens is 1. The first-order valence-electron chi connectivity index (χ1n) is 10.1. The fourth-order valence-electron chi connectivity index (χ4n) is 3.89. The van der Waals surface area contributed by atoms with E-state index in [9.17, 15) is 13.2 Å². The van der Waals surface area contributed by atoms with E-state index < -0.39 is 10.0 Å². The minimum absolute atomic E-state index is 0.0154. The van der Waals surface area contributed by atoms with Crippen molar-refractivity contribution < 1.29 is 13.2 Å². The zero-order valence-electron chi connectivity index (χ0n) is 16.1. The molecule has 1 aliphatic carbocycles. The number of benzene rings is 1. The molecule has 5 nitrogen and oxygen atoms in total. The second-order valence-electron chi connectivity index (χ2n) is 7.65. The van der Waals surface area contributed by atoms with Crippen LogP contribution in [0.2, 0.25) is 5.02 Å². The van der Waals surface area contributed by atoms with Crippen molar-refractivity contribution in [3.63, 3.8) is 0 Å². The van der Waals surface area contributed by atoms with Crippen LogP contribution < -0.4 is 5.32 Å². The maximum absolute atomic E-state index is 12.8. The van der Waals surface area contributed by atoms with Crippen LogP contribution in [0.15, 0.2) is 24.3 Å². The van der Waals surface area contributed by atoms with Gasteiger partial charge in [0.25, 0.3) is 0 Å². The number of hydrogen-bond donors (Lipinski definition) is 1. The summed E-state index contributed by atoms with van der Waals surface area (Å²) in [5, 5.41) is 4.34. The van der Waals surface area contributed by atoms with Gasteiger partial charge in [0.15, 0.2) is 0 Å². The highest BCUT2D eigenvalue weighted by Crippen LogP contribution is 2.29. The predicted molar refractivity (Wildman–Crippen MR) is 116 cm³/mol. The number of carbonyl (C=O) groups is 1. The second kappa shape index (κ2) is 10.3. The van der Waals surface area contributed by atoms with Crippen LogP contribution in [0.1, 0.15) is 44.1 Å². The Morgan fingerprint density at radius 2 is 1.86 bits per heavy atom. The molecule has 1 N–H and O–H groups in total. The van der Waals surface area contributed by atoms with Crippen LogP contribution in [0.5, 0.6) is 0 Å². The lowest BCUT2D eigenvalue weighted by Gasteiger charge is -2.31. The Kier molecular flexibility index (Phi) is 8.09. The molecule has 1 unspecified atom stereocenters. The van der Waals surface area contributed by atoms with Crippen LogP contribution >= 0.6 is 23.4 Å². The summed E-state index contributed by atoms with van der Waals surface area (Å²) in [6, 6.07) is 6.86. The van der Waals surface area contributed by atoms with Gasteiger partial charge >= 0.3 is 0 Å². The summed E-state index contributed by atoms with van der Waals surface area (Å²) in [6.45, 7) is 1.42. The van der Waals surface area contributed by atoms with Gasteiger partial charge in [-0.2, -0.15) is 11.8 Å². The molecule has 1 aromatic rings. The normalized spacial score (nSPS) is 21.7. The molecule has 2 aliphatic rings. The molecule has 3 rings (SSSR count). The fourth-order valence-corrected chi connectivity index (χ4v) is 6.85. The van der Waals surface area contributed by atoms with E-state index in [1.54, 1.807) is 24.3 Å². The van der Waals surface area contributed by atoms with E-state index in [2.05, 4.69) is 5.32 Å². The van der Waals surface area contributed by atoms with Crippen LogP contribution in [-0.2, 0) is 20.6 Å². The third-order valence-electron chi connectivity index (χ3n) is 5.47. The molecule has 0 bridgehead atoms. The molecule has 1 heterocycles. The molecular formula is C20H29ClN2O3S2. The van der Waals surface area contributed by atoms with Gasteiger partial charge in [-0.05, 0) is 43.4 Å². The summed E-state index contributed by atoms with van der Waals surface area (Å²) in [7, 11) is -3.45. The Morgan fingerprint density at radius 3 is 2.57 bits per heavy atom. The number of hydrogen-bond acceptors (Lipinski definition) is 4. The van der Waals surface area contributed by atoms with Gasteiger partial charge in [0, 0.05) is 35.7 Å². The maximum atomic E-state index is 12.8. The van der Waals surface area contributed by atoms with Crippen LogP contribution in [0.4, 0.5) is 0 Å². The Morgan fingerprint density at radius 1 is 1.14 bits per heavy atom. The van der Waals surface area contributed by atoms with Crippen LogP contribution in [-0.4, -0.2) is 49.3 Å². The van der Waals surface area contributed by atoms with E-state index in [1.165, 1.54) is 30.0 Å². The van der Waals surface area contributed by atoms with Crippen molar-refractivity contribution in [1.82, 2.24) is 9.62 Å². The lowest BCUT2D eigenvalue weighted by atomic mass is 9.99. The molecular weight excluding hydrogens is 416 g/mol. The Labute approximate surface area is 177 Å². The van der Waals surface area contributed by atoms with Gasteiger partial charge in [-0.15, -0.1) is 0 Å². The highest BCUT2D eigenvalue weighted by atomic mass is 35.5. The smallest absolute Gasteiger partial charge is 0.224 e. The number of rotatable bonds is 8. The Bertz CT molecular complexity index is 749. The Hall–Kier alpha value is -0.760. The summed E-state index contributed by atoms with van der Waals surface area (Å²) in [5.74, 6) is 0.599. The summed E-state index contributed by atoms with van der Waals surface area (Å²) >= 11 is 7.82. The third kappa shape index (κ3) is 6.37.